The number of hydrogen-bond acceptors (Lipinski definition) is 6. The Hall–Kier alpha value is -3.46. The van der Waals surface area contributed by atoms with Gasteiger partial charge in [0.2, 0.25) is 11.8 Å². The van der Waals surface area contributed by atoms with E-state index >= 15 is 0 Å². The van der Waals surface area contributed by atoms with E-state index in [1.54, 1.807) is 35.5 Å². The fourth-order valence-corrected chi connectivity index (χ4v) is 5.21. The third kappa shape index (κ3) is 6.10. The molecule has 1 unspecified atom stereocenters. The first kappa shape index (κ1) is 25.2. The molecule has 2 saturated carbocycles. The minimum atomic E-state index is -0.602. The Labute approximate surface area is 217 Å². The minimum Gasteiger partial charge on any atom is -0.410 e. The van der Waals surface area contributed by atoms with E-state index in [1.165, 1.54) is 30.6 Å². The molecule has 1 atom stereocenters. The van der Waals surface area contributed by atoms with Gasteiger partial charge in [-0.05, 0) is 56.4 Å². The van der Waals surface area contributed by atoms with Crippen molar-refractivity contribution in [2.75, 3.05) is 22.9 Å². The number of carbonyl (C=O) groups is 3. The minimum absolute atomic E-state index is 0.0115. The molecule has 2 fully saturated rings. The molecule has 9 heteroatoms. The average Bonchev–Trinajstić information content (AvgIpc) is 3.75. The van der Waals surface area contributed by atoms with Crippen molar-refractivity contribution in [3.63, 3.8) is 0 Å². The van der Waals surface area contributed by atoms with E-state index in [0.29, 0.717) is 23.2 Å². The summed E-state index contributed by atoms with van der Waals surface area (Å²) >= 11 is 0. The van der Waals surface area contributed by atoms with E-state index < -0.39 is 6.09 Å². The second-order valence-electron chi connectivity index (χ2n) is 10.2. The number of anilines is 2. The Morgan fingerprint density at radius 2 is 1.86 bits per heavy atom. The Bertz CT molecular complexity index is 1130. The SMILES string of the molecule is CC(NC(=O)Oc1ccc2c(c1)N(C(=O)CNC1CCCCCC1)CC(=O)N2C1CC1)c1cccnc1. The predicted octanol–water partition coefficient (Wildman–Crippen LogP) is 4.09. The van der Waals surface area contributed by atoms with E-state index in [4.69, 9.17) is 4.74 Å². The van der Waals surface area contributed by atoms with Crippen LogP contribution in [0.3, 0.4) is 0 Å². The number of nitrogens with one attached hydrogen (secondary N) is 2. The van der Waals surface area contributed by atoms with Crippen LogP contribution in [-0.2, 0) is 9.59 Å². The van der Waals surface area contributed by atoms with Crippen LogP contribution in [0.5, 0.6) is 5.75 Å². The summed E-state index contributed by atoms with van der Waals surface area (Å²) in [6.45, 7) is 2.02. The first-order valence-corrected chi connectivity index (χ1v) is 13.4. The van der Waals surface area contributed by atoms with Crippen LogP contribution < -0.4 is 25.2 Å². The number of rotatable bonds is 7. The molecule has 1 aromatic heterocycles. The fourth-order valence-electron chi connectivity index (χ4n) is 5.21. The van der Waals surface area contributed by atoms with Crippen molar-refractivity contribution in [3.05, 3.63) is 48.3 Å². The molecule has 0 bridgehead atoms. The number of benzene rings is 1. The van der Waals surface area contributed by atoms with Crippen molar-refractivity contribution >= 4 is 29.3 Å². The lowest BCUT2D eigenvalue weighted by Crippen LogP contribution is -2.51. The lowest BCUT2D eigenvalue weighted by atomic mass is 10.1. The molecule has 5 rings (SSSR count). The molecular weight excluding hydrogens is 470 g/mol. The number of pyridine rings is 1. The number of hydrogen-bond donors (Lipinski definition) is 2. The summed E-state index contributed by atoms with van der Waals surface area (Å²) in [4.78, 5) is 46.4. The zero-order chi connectivity index (χ0) is 25.8. The van der Waals surface area contributed by atoms with E-state index in [-0.39, 0.29) is 37.0 Å². The van der Waals surface area contributed by atoms with E-state index in [0.717, 1.165) is 31.2 Å². The molecule has 0 saturated heterocycles. The second kappa shape index (κ2) is 11.3. The summed E-state index contributed by atoms with van der Waals surface area (Å²) in [6, 6.07) is 9.05. The maximum atomic E-state index is 13.3. The predicted molar refractivity (Wildman–Crippen MR) is 141 cm³/mol. The largest absolute Gasteiger partial charge is 0.413 e. The summed E-state index contributed by atoms with van der Waals surface area (Å²) in [5.41, 5.74) is 2.16. The quantitative estimate of drug-likeness (QED) is 0.550. The smallest absolute Gasteiger partial charge is 0.410 e. The van der Waals surface area contributed by atoms with E-state index in [9.17, 15) is 14.4 Å². The molecule has 9 nitrogen and oxygen atoms in total. The first-order valence-electron chi connectivity index (χ1n) is 13.4. The van der Waals surface area contributed by atoms with Crippen molar-refractivity contribution in [1.82, 2.24) is 15.6 Å². The highest BCUT2D eigenvalue weighted by molar-refractivity contribution is 6.12. The molecule has 2 aromatic rings. The molecular formula is C28H35N5O4. The van der Waals surface area contributed by atoms with Gasteiger partial charge in [-0.3, -0.25) is 19.5 Å². The number of nitrogens with zero attached hydrogens (tertiary/aromatic N) is 3. The van der Waals surface area contributed by atoms with Gasteiger partial charge in [0.25, 0.3) is 0 Å². The molecule has 1 aromatic carbocycles. The monoisotopic (exact) mass is 505 g/mol. The van der Waals surface area contributed by atoms with Crippen LogP contribution >= 0.6 is 0 Å². The van der Waals surface area contributed by atoms with Crippen LogP contribution in [-0.4, -0.2) is 48.1 Å². The number of ether oxygens (including phenoxy) is 1. The van der Waals surface area contributed by atoms with Gasteiger partial charge in [-0.15, -0.1) is 0 Å². The lowest BCUT2D eigenvalue weighted by Gasteiger charge is -2.36. The zero-order valence-corrected chi connectivity index (χ0v) is 21.3. The third-order valence-electron chi connectivity index (χ3n) is 7.40. The summed E-state index contributed by atoms with van der Waals surface area (Å²) in [5, 5.41) is 6.23. The highest BCUT2D eigenvalue weighted by atomic mass is 16.6. The van der Waals surface area contributed by atoms with E-state index in [2.05, 4.69) is 15.6 Å². The summed E-state index contributed by atoms with van der Waals surface area (Å²) in [7, 11) is 0. The Kier molecular flexibility index (Phi) is 7.69. The fraction of sp³-hybridized carbons (Fsp3) is 0.500. The molecule has 37 heavy (non-hydrogen) atoms. The number of carbonyl (C=O) groups excluding carboxylic acids is 3. The van der Waals surface area contributed by atoms with Crippen molar-refractivity contribution < 1.29 is 19.1 Å². The van der Waals surface area contributed by atoms with Crippen molar-refractivity contribution in [2.24, 2.45) is 0 Å². The summed E-state index contributed by atoms with van der Waals surface area (Å²) in [5.74, 6) is 0.0879. The Morgan fingerprint density at radius 3 is 2.57 bits per heavy atom. The first-order chi connectivity index (χ1) is 18.0. The molecule has 3 aliphatic rings. The van der Waals surface area contributed by atoms with Gasteiger partial charge >= 0.3 is 6.09 Å². The molecule has 3 amide bonds. The van der Waals surface area contributed by atoms with Crippen molar-refractivity contribution in [1.29, 1.82) is 0 Å². The van der Waals surface area contributed by atoms with Gasteiger partial charge in [0.05, 0.1) is 24.0 Å². The van der Waals surface area contributed by atoms with Crippen LogP contribution in [0.25, 0.3) is 0 Å². The van der Waals surface area contributed by atoms with Gasteiger partial charge in [0.15, 0.2) is 0 Å². The van der Waals surface area contributed by atoms with Crippen molar-refractivity contribution in [3.8, 4) is 5.75 Å². The molecule has 1 aliphatic heterocycles. The van der Waals surface area contributed by atoms with E-state index in [1.807, 2.05) is 19.1 Å². The number of aromatic nitrogens is 1. The number of amides is 3. The van der Waals surface area contributed by atoms with Crippen LogP contribution in [0.15, 0.2) is 42.7 Å². The average molecular weight is 506 g/mol. The molecule has 0 radical (unpaired) electrons. The Balaban J connectivity index is 1.31. The topological polar surface area (TPSA) is 104 Å². The highest BCUT2D eigenvalue weighted by Gasteiger charge is 2.40. The van der Waals surface area contributed by atoms with Gasteiger partial charge in [-0.1, -0.05) is 31.7 Å². The molecule has 2 N–H and O–H groups in total. The number of fused-ring (bicyclic) bond motifs is 1. The van der Waals surface area contributed by atoms with Gasteiger partial charge < -0.3 is 20.3 Å². The molecule has 0 spiro atoms. The van der Waals surface area contributed by atoms with Crippen LogP contribution in [0.1, 0.15) is 69.9 Å². The zero-order valence-electron chi connectivity index (χ0n) is 21.3. The van der Waals surface area contributed by atoms with Crippen LogP contribution in [0.2, 0.25) is 0 Å². The maximum Gasteiger partial charge on any atom is 0.413 e. The third-order valence-corrected chi connectivity index (χ3v) is 7.40. The molecule has 196 valence electrons. The van der Waals surface area contributed by atoms with Gasteiger partial charge in [0.1, 0.15) is 12.3 Å². The standard InChI is InChI=1S/C28H35N5O4/c1-19(20-7-6-14-29-16-20)31-28(36)37-23-12-13-24-25(15-23)32(18-27(35)33(24)22-10-11-22)26(34)17-30-21-8-4-2-3-5-9-21/h6-7,12-16,19,21-22,30H,2-5,8-11,17-18H2,1H3,(H,31,36). The van der Waals surface area contributed by atoms with Crippen LogP contribution in [0.4, 0.5) is 16.2 Å². The Morgan fingerprint density at radius 1 is 1.08 bits per heavy atom. The summed E-state index contributed by atoms with van der Waals surface area (Å²) < 4.78 is 5.58. The maximum absolute atomic E-state index is 13.3. The second-order valence-corrected chi connectivity index (χ2v) is 10.2. The molecule has 2 aliphatic carbocycles. The van der Waals surface area contributed by atoms with Crippen LogP contribution in [0, 0.1) is 0 Å². The van der Waals surface area contributed by atoms with Crippen molar-refractivity contribution in [2.45, 2.75) is 76.4 Å². The lowest BCUT2D eigenvalue weighted by molar-refractivity contribution is -0.122. The normalized spacial score (nSPS) is 19.1. The van der Waals surface area contributed by atoms with Gasteiger partial charge in [-0.2, -0.15) is 0 Å². The van der Waals surface area contributed by atoms with Gasteiger partial charge in [-0.25, -0.2) is 4.79 Å². The summed E-state index contributed by atoms with van der Waals surface area (Å²) in [6.07, 6.45) is 11.7. The molecule has 2 heterocycles. The van der Waals surface area contributed by atoms with Gasteiger partial charge in [0, 0.05) is 30.5 Å². The highest BCUT2D eigenvalue weighted by Crippen LogP contribution is 2.42.